The molecule has 0 amide bonds. The highest BCUT2D eigenvalue weighted by Crippen LogP contribution is 2.39. The highest BCUT2D eigenvalue weighted by molar-refractivity contribution is 5.82. The molecule has 29 heavy (non-hydrogen) atoms. The van der Waals surface area contributed by atoms with Gasteiger partial charge in [0, 0.05) is 36.5 Å². The van der Waals surface area contributed by atoms with E-state index in [-0.39, 0.29) is 0 Å². The molecule has 1 aromatic heterocycles. The fourth-order valence-electron chi connectivity index (χ4n) is 4.26. The van der Waals surface area contributed by atoms with E-state index in [9.17, 15) is 5.26 Å². The van der Waals surface area contributed by atoms with Crippen LogP contribution < -0.4 is 10.5 Å². The quantitative estimate of drug-likeness (QED) is 0.787. The molecular weight excluding hydrogens is 364 g/mol. The first-order valence-electron chi connectivity index (χ1n) is 10.5. The number of hydrogen-bond acceptors (Lipinski definition) is 6. The van der Waals surface area contributed by atoms with E-state index >= 15 is 0 Å². The molecule has 0 bridgehead atoms. The molecule has 1 fully saturated rings. The minimum atomic E-state index is 0.325. The van der Waals surface area contributed by atoms with E-state index in [1.54, 1.807) is 0 Å². The number of rotatable bonds is 5. The lowest BCUT2D eigenvalue weighted by Gasteiger charge is -2.26. The molecule has 0 unspecified atom stereocenters. The Hall–Kier alpha value is -2.62. The fraction of sp³-hybridized carbons (Fsp3) is 0.478. The highest BCUT2D eigenvalue weighted by atomic mass is 16.5. The summed E-state index contributed by atoms with van der Waals surface area (Å²) in [6.07, 6.45) is 5.24. The van der Waals surface area contributed by atoms with Gasteiger partial charge in [0.2, 0.25) is 0 Å². The smallest absolute Gasteiger partial charge is 0.142 e. The second kappa shape index (κ2) is 9.25. The van der Waals surface area contributed by atoms with Gasteiger partial charge in [0.15, 0.2) is 0 Å². The normalized spacial score (nSPS) is 17.2. The number of ether oxygens (including phenoxy) is 2. The zero-order chi connectivity index (χ0) is 20.1. The van der Waals surface area contributed by atoms with Crippen molar-refractivity contribution in [1.82, 2.24) is 9.88 Å². The second-order valence-corrected chi connectivity index (χ2v) is 7.64. The van der Waals surface area contributed by atoms with Crippen molar-refractivity contribution in [1.29, 1.82) is 5.26 Å². The van der Waals surface area contributed by atoms with Crippen LogP contribution in [0.2, 0.25) is 0 Å². The molecule has 6 heteroatoms. The number of benzene rings is 1. The van der Waals surface area contributed by atoms with Crippen molar-refractivity contribution >= 4 is 5.82 Å². The van der Waals surface area contributed by atoms with Gasteiger partial charge in [0.1, 0.15) is 29.8 Å². The minimum absolute atomic E-state index is 0.325. The van der Waals surface area contributed by atoms with Gasteiger partial charge in [0.05, 0.1) is 13.2 Å². The molecule has 1 aliphatic carbocycles. The molecular formula is C23H28N4O2. The summed E-state index contributed by atoms with van der Waals surface area (Å²) in [4.78, 5) is 6.93. The first kappa shape index (κ1) is 19.7. The predicted octanol–water partition coefficient (Wildman–Crippen LogP) is 3.18. The topological polar surface area (TPSA) is 84.4 Å². The van der Waals surface area contributed by atoms with Crippen molar-refractivity contribution in [3.8, 4) is 22.9 Å². The van der Waals surface area contributed by atoms with Crippen molar-refractivity contribution in [3.05, 3.63) is 41.1 Å². The van der Waals surface area contributed by atoms with E-state index in [4.69, 9.17) is 15.2 Å². The Bertz CT molecular complexity index is 900. The maximum atomic E-state index is 9.84. The molecule has 152 valence electrons. The zero-order valence-electron chi connectivity index (χ0n) is 16.8. The molecule has 6 nitrogen and oxygen atoms in total. The number of nitriles is 1. The summed E-state index contributed by atoms with van der Waals surface area (Å²) >= 11 is 0. The van der Waals surface area contributed by atoms with Gasteiger partial charge >= 0.3 is 0 Å². The summed E-state index contributed by atoms with van der Waals surface area (Å²) in [5, 5.41) is 9.84. The lowest BCUT2D eigenvalue weighted by molar-refractivity contribution is 0.0323. The van der Waals surface area contributed by atoms with Crippen LogP contribution in [-0.2, 0) is 17.6 Å². The fourth-order valence-corrected chi connectivity index (χ4v) is 4.26. The van der Waals surface area contributed by atoms with E-state index in [0.717, 1.165) is 86.7 Å². The van der Waals surface area contributed by atoms with Crippen LogP contribution in [0.25, 0.3) is 11.1 Å². The first-order chi connectivity index (χ1) is 14.3. The number of pyridine rings is 1. The minimum Gasteiger partial charge on any atom is -0.492 e. The number of aromatic nitrogens is 1. The molecule has 2 aliphatic rings. The lowest BCUT2D eigenvalue weighted by Crippen LogP contribution is -2.38. The number of morpholine rings is 1. The number of fused-ring (bicyclic) bond motifs is 1. The lowest BCUT2D eigenvalue weighted by atomic mass is 9.91. The number of nitrogens with zero attached hydrogens (tertiary/aromatic N) is 3. The molecule has 1 saturated heterocycles. The molecule has 1 aliphatic heterocycles. The molecule has 0 spiro atoms. The molecule has 0 atom stereocenters. The third-order valence-electron chi connectivity index (χ3n) is 5.79. The molecule has 0 saturated carbocycles. The summed E-state index contributed by atoms with van der Waals surface area (Å²) in [5.74, 6) is 1.13. The summed E-state index contributed by atoms with van der Waals surface area (Å²) in [6, 6.07) is 10.3. The number of nitrogen functional groups attached to an aromatic ring is 1. The van der Waals surface area contributed by atoms with Crippen molar-refractivity contribution in [2.24, 2.45) is 0 Å². The van der Waals surface area contributed by atoms with Crippen LogP contribution in [0.1, 0.15) is 36.1 Å². The Kier molecular flexibility index (Phi) is 6.28. The SMILES string of the molecule is N#Cc1c(N)nc2c(c1-c1ccccc1OCCN1CCOCC1)CCCCC2. The summed E-state index contributed by atoms with van der Waals surface area (Å²) in [6.45, 7) is 4.91. The van der Waals surface area contributed by atoms with Crippen LogP contribution in [0.4, 0.5) is 5.82 Å². The van der Waals surface area contributed by atoms with Gasteiger partial charge in [-0.15, -0.1) is 0 Å². The largest absolute Gasteiger partial charge is 0.492 e. The average molecular weight is 393 g/mol. The van der Waals surface area contributed by atoms with Crippen LogP contribution in [0, 0.1) is 11.3 Å². The second-order valence-electron chi connectivity index (χ2n) is 7.64. The molecule has 2 heterocycles. The van der Waals surface area contributed by atoms with Gasteiger partial charge in [-0.2, -0.15) is 5.26 Å². The van der Waals surface area contributed by atoms with Crippen LogP contribution in [0.3, 0.4) is 0 Å². The molecule has 2 aromatic rings. The van der Waals surface area contributed by atoms with Crippen LogP contribution in [0.5, 0.6) is 5.75 Å². The van der Waals surface area contributed by atoms with Gasteiger partial charge in [-0.3, -0.25) is 4.90 Å². The van der Waals surface area contributed by atoms with E-state index in [1.165, 1.54) is 6.42 Å². The van der Waals surface area contributed by atoms with Crippen LogP contribution >= 0.6 is 0 Å². The van der Waals surface area contributed by atoms with E-state index in [2.05, 4.69) is 16.0 Å². The predicted molar refractivity (Wildman–Crippen MR) is 113 cm³/mol. The number of hydrogen-bond donors (Lipinski definition) is 1. The van der Waals surface area contributed by atoms with Gasteiger partial charge in [-0.05, 0) is 37.3 Å². The third kappa shape index (κ3) is 4.36. The van der Waals surface area contributed by atoms with Crippen molar-refractivity contribution in [2.75, 3.05) is 45.2 Å². The first-order valence-corrected chi connectivity index (χ1v) is 10.5. The highest BCUT2D eigenvalue weighted by Gasteiger charge is 2.23. The number of anilines is 1. The Morgan fingerprint density at radius 3 is 2.76 bits per heavy atom. The maximum absolute atomic E-state index is 9.84. The maximum Gasteiger partial charge on any atom is 0.142 e. The van der Waals surface area contributed by atoms with E-state index < -0.39 is 0 Å². The van der Waals surface area contributed by atoms with Gasteiger partial charge in [0.25, 0.3) is 0 Å². The Labute approximate surface area is 172 Å². The Morgan fingerprint density at radius 2 is 1.93 bits per heavy atom. The Morgan fingerprint density at radius 1 is 1.14 bits per heavy atom. The molecule has 4 rings (SSSR count). The summed E-state index contributed by atoms with van der Waals surface area (Å²) in [7, 11) is 0. The summed E-state index contributed by atoms with van der Waals surface area (Å²) in [5.41, 5.74) is 10.7. The van der Waals surface area contributed by atoms with Crippen molar-refractivity contribution in [3.63, 3.8) is 0 Å². The zero-order valence-corrected chi connectivity index (χ0v) is 16.8. The van der Waals surface area contributed by atoms with Crippen molar-refractivity contribution < 1.29 is 9.47 Å². The van der Waals surface area contributed by atoms with Crippen LogP contribution in [0.15, 0.2) is 24.3 Å². The van der Waals surface area contributed by atoms with Gasteiger partial charge in [-0.25, -0.2) is 4.98 Å². The third-order valence-corrected chi connectivity index (χ3v) is 5.79. The van der Waals surface area contributed by atoms with Gasteiger partial charge < -0.3 is 15.2 Å². The molecule has 2 N–H and O–H groups in total. The monoisotopic (exact) mass is 392 g/mol. The van der Waals surface area contributed by atoms with E-state index in [1.807, 2.05) is 24.3 Å². The van der Waals surface area contributed by atoms with E-state index in [0.29, 0.717) is 18.0 Å². The summed E-state index contributed by atoms with van der Waals surface area (Å²) < 4.78 is 11.6. The van der Waals surface area contributed by atoms with Gasteiger partial charge in [-0.1, -0.05) is 24.6 Å². The molecule has 0 radical (unpaired) electrons. The Balaban J connectivity index is 1.66. The standard InChI is InChI=1S/C23H28N4O2/c24-16-19-22(17-6-2-1-3-8-20(17)26-23(19)25)18-7-4-5-9-21(18)29-15-12-27-10-13-28-14-11-27/h4-5,7,9H,1-3,6,8,10-15H2,(H2,25,26). The molecule has 1 aromatic carbocycles. The number of aryl methyl sites for hydroxylation is 1. The van der Waals surface area contributed by atoms with Crippen molar-refractivity contribution in [2.45, 2.75) is 32.1 Å². The average Bonchev–Trinajstić information content (AvgIpc) is 2.99. The number of nitrogens with two attached hydrogens (primary N) is 1. The number of para-hydroxylation sites is 1. The van der Waals surface area contributed by atoms with Crippen LogP contribution in [-0.4, -0.2) is 49.3 Å².